The third kappa shape index (κ3) is 5.08. The molecule has 164 valence electrons. The molecule has 0 spiro atoms. The normalized spacial score (nSPS) is 18.7. The Morgan fingerprint density at radius 2 is 2.06 bits per heavy atom. The molecule has 1 aromatic carbocycles. The molecule has 1 aliphatic carbocycles. The molecule has 10 nitrogen and oxygen atoms in total. The van der Waals surface area contributed by atoms with Crippen molar-refractivity contribution >= 4 is 28.9 Å². The van der Waals surface area contributed by atoms with Crippen molar-refractivity contribution < 1.29 is 9.53 Å². The highest BCUT2D eigenvalue weighted by atomic mass is 16.5. The van der Waals surface area contributed by atoms with E-state index in [4.69, 9.17) is 10.5 Å². The number of carbonyl (C=O) groups excluding carboxylic acids is 1. The van der Waals surface area contributed by atoms with E-state index in [0.29, 0.717) is 47.8 Å². The summed E-state index contributed by atoms with van der Waals surface area (Å²) in [6.07, 6.45) is 4.00. The standard InChI is InChI=1S/C21H28N8O2/c1-3-29-20-18(27-28-29)19(23-12-14-5-4-6-17(11-14)31-13(2)30)25-21(26-20)24-16-9-7-15(22)8-10-16/h4-6,11,15-16H,3,7-10,12,22H2,1-2H3,(H2,23,24,25,26). The third-order valence-electron chi connectivity index (χ3n) is 5.39. The number of aryl methyl sites for hydroxylation is 1. The predicted molar refractivity (Wildman–Crippen MR) is 118 cm³/mol. The van der Waals surface area contributed by atoms with Crippen LogP contribution in [0.4, 0.5) is 11.8 Å². The van der Waals surface area contributed by atoms with Gasteiger partial charge in [-0.25, -0.2) is 4.68 Å². The zero-order valence-corrected chi connectivity index (χ0v) is 17.8. The first-order chi connectivity index (χ1) is 15.0. The summed E-state index contributed by atoms with van der Waals surface area (Å²) in [4.78, 5) is 20.6. The second-order valence-electron chi connectivity index (χ2n) is 7.82. The van der Waals surface area contributed by atoms with Gasteiger partial charge in [-0.2, -0.15) is 9.97 Å². The Labute approximate surface area is 180 Å². The van der Waals surface area contributed by atoms with Crippen molar-refractivity contribution in [1.82, 2.24) is 25.0 Å². The van der Waals surface area contributed by atoms with E-state index >= 15 is 0 Å². The van der Waals surface area contributed by atoms with Crippen LogP contribution >= 0.6 is 0 Å². The molecule has 1 fully saturated rings. The van der Waals surface area contributed by atoms with Gasteiger partial charge in [-0.05, 0) is 50.3 Å². The van der Waals surface area contributed by atoms with E-state index in [9.17, 15) is 4.79 Å². The zero-order chi connectivity index (χ0) is 21.8. The van der Waals surface area contributed by atoms with Crippen LogP contribution < -0.4 is 21.1 Å². The number of esters is 1. The maximum absolute atomic E-state index is 11.2. The molecule has 0 saturated heterocycles. The van der Waals surface area contributed by atoms with Gasteiger partial charge >= 0.3 is 5.97 Å². The van der Waals surface area contributed by atoms with Gasteiger partial charge in [0.2, 0.25) is 5.95 Å². The Kier molecular flexibility index (Phi) is 6.26. The number of rotatable bonds is 7. The molecule has 1 aliphatic rings. The number of ether oxygens (including phenoxy) is 1. The quantitative estimate of drug-likeness (QED) is 0.386. The average Bonchev–Trinajstić information content (AvgIpc) is 3.17. The maximum Gasteiger partial charge on any atom is 0.308 e. The van der Waals surface area contributed by atoms with Gasteiger partial charge < -0.3 is 21.1 Å². The Morgan fingerprint density at radius 3 is 2.81 bits per heavy atom. The summed E-state index contributed by atoms with van der Waals surface area (Å²) in [5.41, 5.74) is 8.28. The lowest BCUT2D eigenvalue weighted by atomic mass is 9.92. The minimum Gasteiger partial charge on any atom is -0.427 e. The monoisotopic (exact) mass is 424 g/mol. The first kappa shape index (κ1) is 21.0. The number of nitrogens with one attached hydrogen (secondary N) is 2. The SMILES string of the molecule is CCn1nnc2c(NCc3cccc(OC(C)=O)c3)nc(NC3CCC(N)CC3)nc21. The molecule has 0 radical (unpaired) electrons. The summed E-state index contributed by atoms with van der Waals surface area (Å²) in [7, 11) is 0. The number of hydrogen-bond acceptors (Lipinski definition) is 9. The Hall–Kier alpha value is -3.27. The second kappa shape index (κ2) is 9.25. The van der Waals surface area contributed by atoms with Crippen molar-refractivity contribution in [3.05, 3.63) is 29.8 Å². The lowest BCUT2D eigenvalue weighted by molar-refractivity contribution is -0.131. The van der Waals surface area contributed by atoms with Crippen LogP contribution in [0.15, 0.2) is 24.3 Å². The largest absolute Gasteiger partial charge is 0.427 e. The fraction of sp³-hybridized carbons (Fsp3) is 0.476. The second-order valence-corrected chi connectivity index (χ2v) is 7.82. The number of nitrogens with zero attached hydrogens (tertiary/aromatic N) is 5. The molecule has 31 heavy (non-hydrogen) atoms. The molecule has 2 heterocycles. The Balaban J connectivity index is 1.56. The van der Waals surface area contributed by atoms with Gasteiger partial charge in [0, 0.05) is 32.1 Å². The molecule has 2 aromatic heterocycles. The Morgan fingerprint density at radius 1 is 1.26 bits per heavy atom. The number of aromatic nitrogens is 5. The summed E-state index contributed by atoms with van der Waals surface area (Å²) in [5, 5.41) is 15.3. The first-order valence-electron chi connectivity index (χ1n) is 10.7. The van der Waals surface area contributed by atoms with E-state index < -0.39 is 0 Å². The average molecular weight is 425 g/mol. The van der Waals surface area contributed by atoms with E-state index in [1.807, 2.05) is 25.1 Å². The van der Waals surface area contributed by atoms with Gasteiger partial charge in [0.15, 0.2) is 17.0 Å². The molecule has 4 rings (SSSR count). The molecule has 3 aromatic rings. The van der Waals surface area contributed by atoms with Gasteiger partial charge in [0.25, 0.3) is 0 Å². The molecule has 10 heteroatoms. The van der Waals surface area contributed by atoms with Crippen LogP contribution in [0.3, 0.4) is 0 Å². The highest BCUT2D eigenvalue weighted by Crippen LogP contribution is 2.24. The van der Waals surface area contributed by atoms with Gasteiger partial charge in [-0.15, -0.1) is 5.10 Å². The lowest BCUT2D eigenvalue weighted by Crippen LogP contribution is -2.33. The zero-order valence-electron chi connectivity index (χ0n) is 17.8. The maximum atomic E-state index is 11.2. The lowest BCUT2D eigenvalue weighted by Gasteiger charge is -2.26. The van der Waals surface area contributed by atoms with Crippen molar-refractivity contribution in [1.29, 1.82) is 0 Å². The van der Waals surface area contributed by atoms with Crippen molar-refractivity contribution in [3.63, 3.8) is 0 Å². The highest BCUT2D eigenvalue weighted by molar-refractivity contribution is 5.83. The van der Waals surface area contributed by atoms with Crippen LogP contribution in [0.1, 0.15) is 45.1 Å². The van der Waals surface area contributed by atoms with Crippen LogP contribution in [0, 0.1) is 0 Å². The summed E-state index contributed by atoms with van der Waals surface area (Å²) >= 11 is 0. The van der Waals surface area contributed by atoms with E-state index in [1.54, 1.807) is 10.7 Å². The van der Waals surface area contributed by atoms with Gasteiger partial charge in [0.05, 0.1) is 0 Å². The summed E-state index contributed by atoms with van der Waals surface area (Å²) in [6, 6.07) is 7.95. The van der Waals surface area contributed by atoms with Crippen LogP contribution in [0.2, 0.25) is 0 Å². The molecule has 0 amide bonds. The van der Waals surface area contributed by atoms with Crippen molar-refractivity contribution in [2.75, 3.05) is 10.6 Å². The minimum atomic E-state index is -0.349. The summed E-state index contributed by atoms with van der Waals surface area (Å²) in [6.45, 7) is 4.53. The fourth-order valence-electron chi connectivity index (χ4n) is 3.77. The van der Waals surface area contributed by atoms with E-state index in [1.165, 1.54) is 6.92 Å². The molecule has 4 N–H and O–H groups in total. The molecule has 0 unspecified atom stereocenters. The molecule has 1 saturated carbocycles. The van der Waals surface area contributed by atoms with Crippen LogP contribution in [-0.2, 0) is 17.9 Å². The molecule has 0 bridgehead atoms. The summed E-state index contributed by atoms with van der Waals surface area (Å²) in [5.74, 6) is 1.33. The van der Waals surface area contributed by atoms with Gasteiger partial charge in [0.1, 0.15) is 5.75 Å². The first-order valence-corrected chi connectivity index (χ1v) is 10.7. The van der Waals surface area contributed by atoms with Gasteiger partial charge in [-0.1, -0.05) is 17.3 Å². The van der Waals surface area contributed by atoms with E-state index in [0.717, 1.165) is 31.2 Å². The van der Waals surface area contributed by atoms with Crippen molar-refractivity contribution in [2.45, 2.75) is 64.7 Å². The highest BCUT2D eigenvalue weighted by Gasteiger charge is 2.21. The number of carbonyl (C=O) groups is 1. The van der Waals surface area contributed by atoms with Crippen molar-refractivity contribution in [2.24, 2.45) is 5.73 Å². The number of nitrogens with two attached hydrogens (primary N) is 1. The van der Waals surface area contributed by atoms with Gasteiger partial charge in [-0.3, -0.25) is 4.79 Å². The molecular formula is C21H28N8O2. The van der Waals surface area contributed by atoms with Crippen molar-refractivity contribution in [3.8, 4) is 5.75 Å². The van der Waals surface area contributed by atoms with E-state index in [2.05, 4.69) is 30.9 Å². The predicted octanol–water partition coefficient (Wildman–Crippen LogP) is 2.46. The summed E-state index contributed by atoms with van der Waals surface area (Å²) < 4.78 is 6.92. The molecule has 0 aliphatic heterocycles. The number of hydrogen-bond donors (Lipinski definition) is 3. The smallest absolute Gasteiger partial charge is 0.308 e. The third-order valence-corrected chi connectivity index (χ3v) is 5.39. The van der Waals surface area contributed by atoms with Crippen LogP contribution in [0.5, 0.6) is 5.75 Å². The number of benzene rings is 1. The number of fused-ring (bicyclic) bond motifs is 1. The van der Waals surface area contributed by atoms with Crippen LogP contribution in [0.25, 0.3) is 11.2 Å². The Bertz CT molecular complexity index is 1060. The minimum absolute atomic E-state index is 0.284. The topological polar surface area (TPSA) is 133 Å². The van der Waals surface area contributed by atoms with Crippen LogP contribution in [-0.4, -0.2) is 43.0 Å². The molecular weight excluding hydrogens is 396 g/mol. The number of anilines is 2. The van der Waals surface area contributed by atoms with E-state index in [-0.39, 0.29) is 12.0 Å². The molecule has 0 atom stereocenters. The fourth-order valence-corrected chi connectivity index (χ4v) is 3.77.